The maximum absolute atomic E-state index is 12.0. The average molecular weight is 293 g/mol. The lowest BCUT2D eigenvalue weighted by molar-refractivity contribution is 0.139. The minimum Gasteiger partial charge on any atom is -0.338 e. The van der Waals surface area contributed by atoms with Crippen LogP contribution in [-0.2, 0) is 0 Å². The molecule has 120 valence electrons. The Morgan fingerprint density at radius 3 is 2.62 bits per heavy atom. The molecule has 1 aliphatic heterocycles. The fourth-order valence-electron chi connectivity index (χ4n) is 3.01. The van der Waals surface area contributed by atoms with Crippen molar-refractivity contribution in [3.63, 3.8) is 0 Å². The lowest BCUT2D eigenvalue weighted by Gasteiger charge is -2.35. The molecule has 0 aromatic rings. The first-order valence-corrected chi connectivity index (χ1v) is 8.58. The van der Waals surface area contributed by atoms with E-state index in [4.69, 9.17) is 0 Å². The standard InChI is InChI=1S/C17H31N3O/c1-15(2)14-18-17(21)20-12-10-19(11-13-20)9-8-16-6-4-3-5-7-16/h6,15H,3-5,7-14H2,1-2H3,(H,18,21). The summed E-state index contributed by atoms with van der Waals surface area (Å²) in [5.74, 6) is 0.513. The Morgan fingerprint density at radius 2 is 2.00 bits per heavy atom. The maximum atomic E-state index is 12.0. The predicted molar refractivity (Wildman–Crippen MR) is 87.4 cm³/mol. The Bertz CT molecular complexity index is 357. The molecule has 1 fully saturated rings. The van der Waals surface area contributed by atoms with Crippen molar-refractivity contribution >= 4 is 6.03 Å². The first-order valence-electron chi connectivity index (χ1n) is 8.58. The Morgan fingerprint density at radius 1 is 1.24 bits per heavy atom. The van der Waals surface area contributed by atoms with Crippen LogP contribution in [0.3, 0.4) is 0 Å². The van der Waals surface area contributed by atoms with E-state index in [-0.39, 0.29) is 6.03 Å². The van der Waals surface area contributed by atoms with Gasteiger partial charge in [-0.2, -0.15) is 0 Å². The number of hydrogen-bond donors (Lipinski definition) is 1. The van der Waals surface area contributed by atoms with Gasteiger partial charge >= 0.3 is 6.03 Å². The van der Waals surface area contributed by atoms with Crippen molar-refractivity contribution in [1.29, 1.82) is 0 Å². The Hall–Kier alpha value is -1.03. The van der Waals surface area contributed by atoms with Crippen LogP contribution in [0.5, 0.6) is 0 Å². The molecule has 1 heterocycles. The second kappa shape index (κ2) is 8.42. The molecule has 0 atom stereocenters. The summed E-state index contributed by atoms with van der Waals surface area (Å²) in [5.41, 5.74) is 1.65. The van der Waals surface area contributed by atoms with Gasteiger partial charge < -0.3 is 10.2 Å². The van der Waals surface area contributed by atoms with Gasteiger partial charge in [0.25, 0.3) is 0 Å². The van der Waals surface area contributed by atoms with E-state index in [1.807, 2.05) is 4.90 Å². The zero-order valence-electron chi connectivity index (χ0n) is 13.7. The molecule has 0 aromatic heterocycles. The van der Waals surface area contributed by atoms with Crippen molar-refractivity contribution in [3.05, 3.63) is 11.6 Å². The van der Waals surface area contributed by atoms with Crippen LogP contribution in [0.4, 0.5) is 4.79 Å². The van der Waals surface area contributed by atoms with Crippen LogP contribution in [0.1, 0.15) is 46.0 Å². The van der Waals surface area contributed by atoms with Crippen molar-refractivity contribution in [2.45, 2.75) is 46.0 Å². The largest absolute Gasteiger partial charge is 0.338 e. The fourth-order valence-corrected chi connectivity index (χ4v) is 3.01. The SMILES string of the molecule is CC(C)CNC(=O)N1CCN(CCC2=CCCCC2)CC1. The summed E-state index contributed by atoms with van der Waals surface area (Å²) < 4.78 is 0. The van der Waals surface area contributed by atoms with Gasteiger partial charge in [0, 0.05) is 39.3 Å². The number of carbonyl (C=O) groups is 1. The third-order valence-corrected chi connectivity index (χ3v) is 4.46. The van der Waals surface area contributed by atoms with Crippen LogP contribution < -0.4 is 5.32 Å². The molecule has 0 radical (unpaired) electrons. The van der Waals surface area contributed by atoms with E-state index in [1.54, 1.807) is 5.57 Å². The quantitative estimate of drug-likeness (QED) is 0.791. The molecular weight excluding hydrogens is 262 g/mol. The Balaban J connectivity index is 1.63. The van der Waals surface area contributed by atoms with Gasteiger partial charge in [0.15, 0.2) is 0 Å². The lowest BCUT2D eigenvalue weighted by atomic mass is 9.97. The lowest BCUT2D eigenvalue weighted by Crippen LogP contribution is -2.52. The summed E-state index contributed by atoms with van der Waals surface area (Å²) in [6.45, 7) is 9.94. The van der Waals surface area contributed by atoms with Crippen LogP contribution in [0.15, 0.2) is 11.6 Å². The molecule has 2 rings (SSSR count). The summed E-state index contributed by atoms with van der Waals surface area (Å²) in [4.78, 5) is 16.5. The molecule has 2 amide bonds. The number of nitrogens with one attached hydrogen (secondary N) is 1. The highest BCUT2D eigenvalue weighted by molar-refractivity contribution is 5.74. The minimum absolute atomic E-state index is 0.110. The number of amides is 2. The first-order chi connectivity index (χ1) is 10.1. The number of rotatable bonds is 5. The van der Waals surface area contributed by atoms with E-state index in [0.29, 0.717) is 5.92 Å². The zero-order valence-corrected chi connectivity index (χ0v) is 13.7. The van der Waals surface area contributed by atoms with Crippen molar-refractivity contribution in [1.82, 2.24) is 15.1 Å². The maximum Gasteiger partial charge on any atom is 0.317 e. The molecule has 0 saturated carbocycles. The highest BCUT2D eigenvalue weighted by atomic mass is 16.2. The second-order valence-corrected chi connectivity index (χ2v) is 6.77. The Labute approximate surface area is 129 Å². The van der Waals surface area contributed by atoms with Gasteiger partial charge in [-0.15, -0.1) is 0 Å². The van der Waals surface area contributed by atoms with Crippen molar-refractivity contribution in [2.75, 3.05) is 39.3 Å². The number of urea groups is 1. The molecule has 0 unspecified atom stereocenters. The highest BCUT2D eigenvalue weighted by Gasteiger charge is 2.20. The average Bonchev–Trinajstić information content (AvgIpc) is 2.52. The number of nitrogens with zero attached hydrogens (tertiary/aromatic N) is 2. The van der Waals surface area contributed by atoms with E-state index >= 15 is 0 Å². The van der Waals surface area contributed by atoms with E-state index < -0.39 is 0 Å². The van der Waals surface area contributed by atoms with Crippen LogP contribution in [0.2, 0.25) is 0 Å². The predicted octanol–water partition coefficient (Wildman–Crippen LogP) is 2.86. The molecule has 1 saturated heterocycles. The molecule has 4 heteroatoms. The number of allylic oxidation sites excluding steroid dienone is 1. The van der Waals surface area contributed by atoms with Crippen molar-refractivity contribution in [3.8, 4) is 0 Å². The minimum atomic E-state index is 0.110. The second-order valence-electron chi connectivity index (χ2n) is 6.77. The third-order valence-electron chi connectivity index (χ3n) is 4.46. The molecule has 0 spiro atoms. The van der Waals surface area contributed by atoms with Gasteiger partial charge in [0.1, 0.15) is 0 Å². The van der Waals surface area contributed by atoms with Gasteiger partial charge in [0.05, 0.1) is 0 Å². The van der Waals surface area contributed by atoms with Gasteiger partial charge in [-0.05, 0) is 38.0 Å². The summed E-state index contributed by atoms with van der Waals surface area (Å²) >= 11 is 0. The van der Waals surface area contributed by atoms with Gasteiger partial charge in [-0.3, -0.25) is 4.90 Å². The molecule has 2 aliphatic rings. The van der Waals surface area contributed by atoms with Crippen LogP contribution in [-0.4, -0.2) is 55.1 Å². The summed E-state index contributed by atoms with van der Waals surface area (Å²) in [5, 5.41) is 3.01. The topological polar surface area (TPSA) is 35.6 Å². The monoisotopic (exact) mass is 293 g/mol. The van der Waals surface area contributed by atoms with Crippen molar-refractivity contribution in [2.24, 2.45) is 5.92 Å². The zero-order chi connectivity index (χ0) is 15.1. The molecule has 1 N–H and O–H groups in total. The van der Waals surface area contributed by atoms with Crippen LogP contribution >= 0.6 is 0 Å². The van der Waals surface area contributed by atoms with Gasteiger partial charge in [-0.1, -0.05) is 25.5 Å². The third kappa shape index (κ3) is 5.70. The number of piperazine rings is 1. The van der Waals surface area contributed by atoms with E-state index in [9.17, 15) is 4.79 Å². The molecule has 21 heavy (non-hydrogen) atoms. The molecule has 0 aromatic carbocycles. The van der Waals surface area contributed by atoms with Gasteiger partial charge in [-0.25, -0.2) is 4.79 Å². The molecule has 1 aliphatic carbocycles. The smallest absolute Gasteiger partial charge is 0.317 e. The molecular formula is C17H31N3O. The highest BCUT2D eigenvalue weighted by Crippen LogP contribution is 2.20. The number of carbonyl (C=O) groups excluding carboxylic acids is 1. The first kappa shape index (κ1) is 16.3. The number of hydrogen-bond acceptors (Lipinski definition) is 2. The van der Waals surface area contributed by atoms with Crippen molar-refractivity contribution < 1.29 is 4.79 Å². The Kier molecular flexibility index (Phi) is 6.55. The molecule has 0 bridgehead atoms. The summed E-state index contributed by atoms with van der Waals surface area (Å²) in [6, 6.07) is 0.110. The van der Waals surface area contributed by atoms with E-state index in [1.165, 1.54) is 32.1 Å². The van der Waals surface area contributed by atoms with E-state index in [0.717, 1.165) is 39.3 Å². The van der Waals surface area contributed by atoms with Crippen LogP contribution in [0, 0.1) is 5.92 Å². The molecule has 4 nitrogen and oxygen atoms in total. The summed E-state index contributed by atoms with van der Waals surface area (Å²) in [7, 11) is 0. The fraction of sp³-hybridized carbons (Fsp3) is 0.824. The normalized spacial score (nSPS) is 20.5. The van der Waals surface area contributed by atoms with E-state index in [2.05, 4.69) is 30.1 Å². The van der Waals surface area contributed by atoms with Gasteiger partial charge in [0.2, 0.25) is 0 Å². The summed E-state index contributed by atoms with van der Waals surface area (Å²) in [6.07, 6.45) is 8.98. The van der Waals surface area contributed by atoms with Crippen LogP contribution in [0.25, 0.3) is 0 Å².